The first kappa shape index (κ1) is 18.9. The molecule has 1 aromatic carbocycles. The molecule has 140 valence electrons. The van der Waals surface area contributed by atoms with Crippen molar-refractivity contribution in [3.8, 4) is 0 Å². The summed E-state index contributed by atoms with van der Waals surface area (Å²) in [6.45, 7) is 6.21. The minimum Gasteiger partial charge on any atom is -0.357 e. The van der Waals surface area contributed by atoms with Gasteiger partial charge in [0.25, 0.3) is 0 Å². The van der Waals surface area contributed by atoms with Gasteiger partial charge in [0.15, 0.2) is 0 Å². The molecule has 1 heterocycles. The minimum atomic E-state index is -3.52. The van der Waals surface area contributed by atoms with E-state index in [1.165, 1.54) is 17.5 Å². The average molecular weight is 374 g/mol. The van der Waals surface area contributed by atoms with Crippen LogP contribution in [0.5, 0.6) is 0 Å². The fourth-order valence-electron chi connectivity index (χ4n) is 3.39. The average Bonchev–Trinajstić information content (AvgIpc) is 2.68. The maximum atomic E-state index is 12.6. The van der Waals surface area contributed by atoms with Crippen molar-refractivity contribution in [3.05, 3.63) is 53.2 Å². The molecule has 5 nitrogen and oxygen atoms in total. The Hall–Kier alpha value is -1.92. The van der Waals surface area contributed by atoms with Crippen LogP contribution in [0.25, 0.3) is 0 Å². The van der Waals surface area contributed by atoms with Gasteiger partial charge < -0.3 is 4.90 Å². The standard InChI is InChI=1S/C20H27N3O2S/c1-3-23(4-2)20-12-9-16(14-21-20)15-22-26(24,25)19-11-10-17-7-5-6-8-18(17)13-19/h9-14,22H,3-8,15H2,1-2H3. The summed E-state index contributed by atoms with van der Waals surface area (Å²) in [5.74, 6) is 0.913. The number of hydrogen-bond donors (Lipinski definition) is 1. The smallest absolute Gasteiger partial charge is 0.240 e. The molecule has 0 spiro atoms. The van der Waals surface area contributed by atoms with E-state index in [9.17, 15) is 8.42 Å². The van der Waals surface area contributed by atoms with Crippen LogP contribution in [0.2, 0.25) is 0 Å². The number of aromatic nitrogens is 1. The molecule has 0 aliphatic heterocycles. The zero-order chi connectivity index (χ0) is 18.6. The topological polar surface area (TPSA) is 62.3 Å². The fourth-order valence-corrected chi connectivity index (χ4v) is 4.46. The summed E-state index contributed by atoms with van der Waals surface area (Å²) in [7, 11) is -3.52. The maximum absolute atomic E-state index is 12.6. The summed E-state index contributed by atoms with van der Waals surface area (Å²) in [5.41, 5.74) is 3.30. The summed E-state index contributed by atoms with van der Waals surface area (Å²) >= 11 is 0. The van der Waals surface area contributed by atoms with Crippen LogP contribution in [0, 0.1) is 0 Å². The highest BCUT2D eigenvalue weighted by Gasteiger charge is 2.17. The molecule has 1 aromatic heterocycles. The molecule has 1 N–H and O–H groups in total. The summed E-state index contributed by atoms with van der Waals surface area (Å²) in [4.78, 5) is 6.95. The Morgan fingerprint density at radius 2 is 1.77 bits per heavy atom. The summed E-state index contributed by atoms with van der Waals surface area (Å²) in [5, 5.41) is 0. The molecule has 0 bridgehead atoms. The lowest BCUT2D eigenvalue weighted by Gasteiger charge is -2.19. The van der Waals surface area contributed by atoms with Crippen molar-refractivity contribution in [2.45, 2.75) is 51.0 Å². The lowest BCUT2D eigenvalue weighted by Crippen LogP contribution is -2.24. The monoisotopic (exact) mass is 373 g/mol. The largest absolute Gasteiger partial charge is 0.357 e. The maximum Gasteiger partial charge on any atom is 0.240 e. The quantitative estimate of drug-likeness (QED) is 0.809. The van der Waals surface area contributed by atoms with E-state index < -0.39 is 10.0 Å². The SMILES string of the molecule is CCN(CC)c1ccc(CNS(=O)(=O)c2ccc3c(c2)CCCC3)cn1. The van der Waals surface area contributed by atoms with Gasteiger partial charge in [-0.1, -0.05) is 12.1 Å². The second kappa shape index (κ2) is 8.18. The molecule has 0 fully saturated rings. The molecule has 0 atom stereocenters. The fraction of sp³-hybridized carbons (Fsp3) is 0.450. The van der Waals surface area contributed by atoms with Gasteiger partial charge in [-0.2, -0.15) is 0 Å². The van der Waals surface area contributed by atoms with Gasteiger partial charge >= 0.3 is 0 Å². The molecular weight excluding hydrogens is 346 g/mol. The summed E-state index contributed by atoms with van der Waals surface area (Å²) < 4.78 is 27.9. The van der Waals surface area contributed by atoms with Crippen molar-refractivity contribution in [2.24, 2.45) is 0 Å². The summed E-state index contributed by atoms with van der Waals surface area (Å²) in [6.07, 6.45) is 6.08. The van der Waals surface area contributed by atoms with Gasteiger partial charge in [-0.15, -0.1) is 0 Å². The molecule has 1 aliphatic carbocycles. The van der Waals surface area contributed by atoms with Crippen molar-refractivity contribution in [1.29, 1.82) is 0 Å². The normalized spacial score (nSPS) is 14.1. The van der Waals surface area contributed by atoms with Gasteiger partial charge in [0.1, 0.15) is 5.82 Å². The molecule has 0 amide bonds. The van der Waals surface area contributed by atoms with Crippen LogP contribution in [0.1, 0.15) is 43.4 Å². The number of anilines is 1. The van der Waals surface area contributed by atoms with E-state index in [1.54, 1.807) is 12.3 Å². The van der Waals surface area contributed by atoms with E-state index in [0.717, 1.165) is 43.7 Å². The highest BCUT2D eigenvalue weighted by atomic mass is 32.2. The number of fused-ring (bicyclic) bond motifs is 1. The zero-order valence-electron chi connectivity index (χ0n) is 15.5. The zero-order valence-corrected chi connectivity index (χ0v) is 16.3. The van der Waals surface area contributed by atoms with Crippen LogP contribution in [0.3, 0.4) is 0 Å². The number of sulfonamides is 1. The molecule has 0 saturated heterocycles. The van der Waals surface area contributed by atoms with Gasteiger partial charge in [0, 0.05) is 25.8 Å². The highest BCUT2D eigenvalue weighted by Crippen LogP contribution is 2.24. The van der Waals surface area contributed by atoms with Crippen LogP contribution in [-0.2, 0) is 29.4 Å². The van der Waals surface area contributed by atoms with Crippen LogP contribution >= 0.6 is 0 Å². The predicted octanol–water partition coefficient (Wildman–Crippen LogP) is 3.29. The predicted molar refractivity (Wildman–Crippen MR) is 105 cm³/mol. The Labute approximate surface area is 156 Å². The Morgan fingerprint density at radius 3 is 2.42 bits per heavy atom. The van der Waals surface area contributed by atoms with Crippen LogP contribution in [-0.4, -0.2) is 26.5 Å². The van der Waals surface area contributed by atoms with E-state index in [0.29, 0.717) is 4.90 Å². The number of hydrogen-bond acceptors (Lipinski definition) is 4. The summed E-state index contributed by atoms with van der Waals surface area (Å²) in [6, 6.07) is 9.38. The number of benzene rings is 1. The van der Waals surface area contributed by atoms with Gasteiger partial charge in [0.05, 0.1) is 4.90 Å². The van der Waals surface area contributed by atoms with E-state index in [1.807, 2.05) is 24.3 Å². The van der Waals surface area contributed by atoms with E-state index in [4.69, 9.17) is 0 Å². The lowest BCUT2D eigenvalue weighted by molar-refractivity contribution is 0.580. The molecule has 0 radical (unpaired) electrons. The Bertz CT molecular complexity index is 844. The van der Waals surface area contributed by atoms with Crippen LogP contribution < -0.4 is 9.62 Å². The molecule has 0 unspecified atom stereocenters. The van der Waals surface area contributed by atoms with Gasteiger partial charge in [-0.25, -0.2) is 18.1 Å². The van der Waals surface area contributed by atoms with Gasteiger partial charge in [-0.05, 0) is 74.4 Å². The first-order chi connectivity index (χ1) is 12.5. The van der Waals surface area contributed by atoms with Crippen molar-refractivity contribution >= 4 is 15.8 Å². The van der Waals surface area contributed by atoms with Crippen LogP contribution in [0.4, 0.5) is 5.82 Å². The van der Waals surface area contributed by atoms with Crippen molar-refractivity contribution in [2.75, 3.05) is 18.0 Å². The van der Waals surface area contributed by atoms with Crippen molar-refractivity contribution in [3.63, 3.8) is 0 Å². The number of rotatable bonds is 7. The molecule has 0 saturated carbocycles. The Morgan fingerprint density at radius 1 is 1.04 bits per heavy atom. The second-order valence-corrected chi connectivity index (χ2v) is 8.43. The molecule has 6 heteroatoms. The molecule has 1 aliphatic rings. The minimum absolute atomic E-state index is 0.241. The third kappa shape index (κ3) is 4.24. The molecule has 26 heavy (non-hydrogen) atoms. The van der Waals surface area contributed by atoms with E-state index >= 15 is 0 Å². The first-order valence-corrected chi connectivity index (χ1v) is 10.8. The highest BCUT2D eigenvalue weighted by molar-refractivity contribution is 7.89. The number of nitrogens with one attached hydrogen (secondary N) is 1. The number of aryl methyl sites for hydroxylation is 2. The molecule has 2 aromatic rings. The third-order valence-electron chi connectivity index (χ3n) is 4.99. The first-order valence-electron chi connectivity index (χ1n) is 9.35. The lowest BCUT2D eigenvalue weighted by atomic mass is 9.92. The Balaban J connectivity index is 1.68. The van der Waals surface area contributed by atoms with Crippen molar-refractivity contribution in [1.82, 2.24) is 9.71 Å². The third-order valence-corrected chi connectivity index (χ3v) is 6.39. The molecule has 3 rings (SSSR count). The Kier molecular flexibility index (Phi) is 5.94. The van der Waals surface area contributed by atoms with Crippen molar-refractivity contribution < 1.29 is 8.42 Å². The number of nitrogens with zero attached hydrogens (tertiary/aromatic N) is 2. The van der Waals surface area contributed by atoms with Gasteiger partial charge in [0.2, 0.25) is 10.0 Å². The van der Waals surface area contributed by atoms with Crippen LogP contribution in [0.15, 0.2) is 41.4 Å². The van der Waals surface area contributed by atoms with E-state index in [2.05, 4.69) is 28.5 Å². The number of pyridine rings is 1. The van der Waals surface area contributed by atoms with E-state index in [-0.39, 0.29) is 6.54 Å². The molecular formula is C20H27N3O2S. The van der Waals surface area contributed by atoms with Gasteiger partial charge in [-0.3, -0.25) is 0 Å². The second-order valence-electron chi connectivity index (χ2n) is 6.66.